The molecule has 0 spiro atoms. The van der Waals surface area contributed by atoms with E-state index < -0.39 is 23.6 Å². The summed E-state index contributed by atoms with van der Waals surface area (Å²) in [5.41, 5.74) is 7.96. The highest BCUT2D eigenvalue weighted by Crippen LogP contribution is 2.38. The molecule has 1 aromatic carbocycles. The van der Waals surface area contributed by atoms with E-state index in [-0.39, 0.29) is 18.6 Å². The second-order valence-electron chi connectivity index (χ2n) is 8.46. The molecule has 1 unspecified atom stereocenters. The average Bonchev–Trinajstić information content (AvgIpc) is 3.17. The van der Waals surface area contributed by atoms with Crippen LogP contribution in [0.15, 0.2) is 35.1 Å². The molecule has 0 radical (unpaired) electrons. The average molecular weight is 449 g/mol. The Morgan fingerprint density at radius 1 is 1.33 bits per heavy atom. The number of aliphatic hydroxyl groups is 1. The van der Waals surface area contributed by atoms with Gasteiger partial charge in [0.1, 0.15) is 12.6 Å². The molecule has 0 fully saturated rings. The van der Waals surface area contributed by atoms with Crippen molar-refractivity contribution in [2.24, 2.45) is 5.73 Å². The van der Waals surface area contributed by atoms with E-state index >= 15 is 0 Å². The van der Waals surface area contributed by atoms with Gasteiger partial charge in [-0.05, 0) is 42.7 Å². The molecule has 3 N–H and O–H groups in total. The molecule has 5 rings (SSSR count). The zero-order valence-electron chi connectivity index (χ0n) is 18.3. The van der Waals surface area contributed by atoms with E-state index in [2.05, 4.69) is 0 Å². The Morgan fingerprint density at radius 2 is 2.12 bits per heavy atom. The highest BCUT2D eigenvalue weighted by molar-refractivity contribution is 5.86. The molecule has 170 valence electrons. The molecule has 9 heteroatoms. The molecule has 33 heavy (non-hydrogen) atoms. The number of nitrogens with two attached hydrogens (primary N) is 1. The summed E-state index contributed by atoms with van der Waals surface area (Å²) in [5.74, 6) is -1.22. The van der Waals surface area contributed by atoms with Gasteiger partial charge in [-0.15, -0.1) is 0 Å². The molecular formula is C24H23N3O6. The first-order valence-corrected chi connectivity index (χ1v) is 10.7. The molecule has 3 aromatic rings. The smallest absolute Gasteiger partial charge is 0.343 e. The predicted molar refractivity (Wildman–Crippen MR) is 118 cm³/mol. The molecule has 2 aromatic heterocycles. The summed E-state index contributed by atoms with van der Waals surface area (Å²) in [4.78, 5) is 41.9. The number of carbonyl (C=O) groups excluding carboxylic acids is 2. The normalized spacial score (nSPS) is 19.5. The number of esters is 2. The number of carbonyl (C=O) groups is 2. The minimum Gasteiger partial charge on any atom is -0.468 e. The lowest BCUT2D eigenvalue weighted by atomic mass is 9.86. The molecular weight excluding hydrogens is 426 g/mol. The topological polar surface area (TPSA) is 134 Å². The van der Waals surface area contributed by atoms with Gasteiger partial charge in [0, 0.05) is 16.5 Å². The maximum Gasteiger partial charge on any atom is 0.343 e. The van der Waals surface area contributed by atoms with Crippen molar-refractivity contribution in [1.29, 1.82) is 0 Å². The number of rotatable bonds is 4. The predicted octanol–water partition coefficient (Wildman–Crippen LogP) is 1.12. The summed E-state index contributed by atoms with van der Waals surface area (Å²) in [6.07, 6.45) is 0.423. The Balaban J connectivity index is 1.60. The third kappa shape index (κ3) is 3.15. The van der Waals surface area contributed by atoms with Gasteiger partial charge in [-0.2, -0.15) is 0 Å². The maximum absolute atomic E-state index is 13.2. The summed E-state index contributed by atoms with van der Waals surface area (Å²) in [6, 6.07) is 8.51. The van der Waals surface area contributed by atoms with Crippen LogP contribution in [0.3, 0.4) is 0 Å². The zero-order valence-corrected chi connectivity index (χ0v) is 18.3. The lowest BCUT2D eigenvalue weighted by molar-refractivity contribution is -0.172. The van der Waals surface area contributed by atoms with Crippen LogP contribution in [-0.2, 0) is 44.2 Å². The Morgan fingerprint density at radius 3 is 2.85 bits per heavy atom. The Bertz CT molecular complexity index is 1400. The lowest BCUT2D eigenvalue weighted by Crippen LogP contribution is -2.44. The van der Waals surface area contributed by atoms with Crippen LogP contribution in [0, 0.1) is 0 Å². The Hall–Kier alpha value is -3.56. The highest BCUT2D eigenvalue weighted by Gasteiger charge is 2.45. The molecule has 0 saturated heterocycles. The molecule has 9 nitrogen and oxygen atoms in total. The first-order valence-electron chi connectivity index (χ1n) is 10.7. The van der Waals surface area contributed by atoms with Crippen LogP contribution in [0.1, 0.15) is 35.6 Å². The fourth-order valence-electron chi connectivity index (χ4n) is 4.65. The van der Waals surface area contributed by atoms with Crippen LogP contribution < -0.4 is 11.3 Å². The van der Waals surface area contributed by atoms with Gasteiger partial charge in [0.25, 0.3) is 5.56 Å². The second-order valence-corrected chi connectivity index (χ2v) is 8.46. The number of aromatic nitrogens is 2. The summed E-state index contributed by atoms with van der Waals surface area (Å²) in [6.45, 7) is 1.83. The molecule has 2 aliphatic heterocycles. The number of benzene rings is 1. The number of methoxy groups -OCH3 is 1. The van der Waals surface area contributed by atoms with Crippen molar-refractivity contribution in [1.82, 2.24) is 9.55 Å². The second kappa shape index (κ2) is 7.50. The van der Waals surface area contributed by atoms with Crippen molar-refractivity contribution in [3.8, 4) is 11.4 Å². The van der Waals surface area contributed by atoms with E-state index in [0.717, 1.165) is 16.5 Å². The fraction of sp³-hybridized carbons (Fsp3) is 0.333. The van der Waals surface area contributed by atoms with Gasteiger partial charge in [-0.1, -0.05) is 13.0 Å². The van der Waals surface area contributed by atoms with E-state index in [4.69, 9.17) is 20.2 Å². The molecule has 2 aliphatic rings. The molecule has 4 heterocycles. The summed E-state index contributed by atoms with van der Waals surface area (Å²) in [7, 11) is 1.30. The van der Waals surface area contributed by atoms with Crippen molar-refractivity contribution in [3.05, 3.63) is 62.9 Å². The first-order chi connectivity index (χ1) is 15.8. The van der Waals surface area contributed by atoms with Crippen molar-refractivity contribution in [2.45, 2.75) is 44.6 Å². The van der Waals surface area contributed by atoms with Gasteiger partial charge in [0.2, 0.25) is 0 Å². The molecule has 0 bridgehead atoms. The molecule has 0 amide bonds. The van der Waals surface area contributed by atoms with Crippen LogP contribution in [0.4, 0.5) is 0 Å². The number of hydrogen-bond acceptors (Lipinski definition) is 8. The van der Waals surface area contributed by atoms with Crippen molar-refractivity contribution >= 4 is 22.8 Å². The highest BCUT2D eigenvalue weighted by atomic mass is 16.6. The number of ether oxygens (including phenoxy) is 2. The number of cyclic esters (lactones) is 1. The van der Waals surface area contributed by atoms with Crippen LogP contribution in [-0.4, -0.2) is 39.7 Å². The standard InChI is InChI=1S/C24H23N3O6/c1-3-24(31)16-9-19-20-14(10-27(19)21(28)15(16)11-33-23(24)30)8-13-6-12(4-5-18(13)26-20)7-17(25)22(29)32-2/h4-6,8-9,17,31H,3,7,10-11,25H2,1-2H3/t17?,24-/m0/s1. The van der Waals surface area contributed by atoms with Crippen LogP contribution >= 0.6 is 0 Å². The molecule has 2 atom stereocenters. The summed E-state index contributed by atoms with van der Waals surface area (Å²) >= 11 is 0. The first kappa shape index (κ1) is 21.3. The lowest BCUT2D eigenvalue weighted by Gasteiger charge is -2.31. The third-order valence-electron chi connectivity index (χ3n) is 6.53. The van der Waals surface area contributed by atoms with Gasteiger partial charge in [-0.25, -0.2) is 9.78 Å². The van der Waals surface area contributed by atoms with Gasteiger partial charge in [0.05, 0.1) is 36.1 Å². The van der Waals surface area contributed by atoms with Crippen molar-refractivity contribution < 1.29 is 24.2 Å². The van der Waals surface area contributed by atoms with Crippen molar-refractivity contribution in [2.75, 3.05) is 7.11 Å². The summed E-state index contributed by atoms with van der Waals surface area (Å²) in [5, 5.41) is 11.8. The minimum absolute atomic E-state index is 0.0935. The van der Waals surface area contributed by atoms with E-state index in [1.807, 2.05) is 24.3 Å². The third-order valence-corrected chi connectivity index (χ3v) is 6.53. The molecule has 0 aliphatic carbocycles. The van der Waals surface area contributed by atoms with E-state index in [1.165, 1.54) is 7.11 Å². The van der Waals surface area contributed by atoms with Crippen LogP contribution in [0.2, 0.25) is 0 Å². The monoisotopic (exact) mass is 449 g/mol. The van der Waals surface area contributed by atoms with Crippen molar-refractivity contribution in [3.63, 3.8) is 0 Å². The van der Waals surface area contributed by atoms with Gasteiger partial charge in [0.15, 0.2) is 5.60 Å². The quantitative estimate of drug-likeness (QED) is 0.443. The number of nitrogens with zero attached hydrogens (tertiary/aromatic N) is 2. The zero-order chi connectivity index (χ0) is 23.5. The Kier molecular flexibility index (Phi) is 4.84. The van der Waals surface area contributed by atoms with Gasteiger partial charge in [-0.3, -0.25) is 9.59 Å². The van der Waals surface area contributed by atoms with Gasteiger partial charge >= 0.3 is 11.9 Å². The summed E-state index contributed by atoms with van der Waals surface area (Å²) < 4.78 is 11.4. The van der Waals surface area contributed by atoms with Crippen LogP contribution in [0.5, 0.6) is 0 Å². The van der Waals surface area contributed by atoms with E-state index in [1.54, 1.807) is 17.6 Å². The number of hydrogen-bond donors (Lipinski definition) is 2. The Labute approximate surface area is 188 Å². The van der Waals surface area contributed by atoms with E-state index in [0.29, 0.717) is 41.0 Å². The SMILES string of the molecule is CC[C@@]1(O)C(=O)OCc2c1cc1n(c2=O)Cc2cc3cc(CC(N)C(=O)OC)ccc3nc2-1. The number of pyridine rings is 2. The van der Waals surface area contributed by atoms with Gasteiger partial charge < -0.3 is 24.9 Å². The van der Waals surface area contributed by atoms with Crippen LogP contribution in [0.25, 0.3) is 22.3 Å². The molecule has 0 saturated carbocycles. The number of fused-ring (bicyclic) bond motifs is 5. The minimum atomic E-state index is -1.85. The largest absolute Gasteiger partial charge is 0.468 e. The van der Waals surface area contributed by atoms with E-state index in [9.17, 15) is 19.5 Å². The maximum atomic E-state index is 13.2. The fourth-order valence-corrected chi connectivity index (χ4v) is 4.65.